The van der Waals surface area contributed by atoms with Crippen LogP contribution in [0.25, 0.3) is 0 Å². The molecule has 0 aromatic heterocycles. The molecule has 0 aliphatic carbocycles. The lowest BCUT2D eigenvalue weighted by molar-refractivity contribution is -0.141. The van der Waals surface area contributed by atoms with Crippen molar-refractivity contribution in [1.29, 1.82) is 0 Å². The van der Waals surface area contributed by atoms with Crippen LogP contribution in [0, 0.1) is 0 Å². The number of carboxylic acids is 1. The van der Waals surface area contributed by atoms with E-state index < -0.39 is 29.1 Å². The lowest BCUT2D eigenvalue weighted by Gasteiger charge is -2.23. The SMILES string of the molecule is O=C(O)[C@@H]1[C@@H](SC(F)F)CCN1C(=O)OCc1ccccc1. The van der Waals surface area contributed by atoms with Crippen LogP contribution < -0.4 is 0 Å². The second kappa shape index (κ2) is 7.44. The minimum Gasteiger partial charge on any atom is -0.480 e. The van der Waals surface area contributed by atoms with Crippen LogP contribution in [0.15, 0.2) is 30.3 Å². The zero-order valence-electron chi connectivity index (χ0n) is 11.5. The standard InChI is InChI=1S/C14H15F2NO4S/c15-13(16)22-10-6-7-17(11(10)12(18)19)14(20)21-8-9-4-2-1-3-5-9/h1-5,10-11,13H,6-8H2,(H,18,19)/t10-,11-/m0/s1. The summed E-state index contributed by atoms with van der Waals surface area (Å²) < 4.78 is 30.0. The first-order valence-corrected chi connectivity index (χ1v) is 7.57. The fourth-order valence-corrected chi connectivity index (χ4v) is 3.26. The van der Waals surface area contributed by atoms with E-state index in [2.05, 4.69) is 0 Å². The number of carboxylic acid groups (broad SMARTS) is 1. The highest BCUT2D eigenvalue weighted by molar-refractivity contribution is 8.00. The number of alkyl halides is 2. The van der Waals surface area contributed by atoms with Crippen LogP contribution in [0.5, 0.6) is 0 Å². The van der Waals surface area contributed by atoms with Crippen molar-refractivity contribution < 1.29 is 28.2 Å². The quantitative estimate of drug-likeness (QED) is 0.899. The first-order chi connectivity index (χ1) is 10.5. The van der Waals surface area contributed by atoms with Crippen molar-refractivity contribution in [2.24, 2.45) is 0 Å². The summed E-state index contributed by atoms with van der Waals surface area (Å²) in [6.45, 7) is 0.101. The molecule has 1 aromatic rings. The van der Waals surface area contributed by atoms with Crippen LogP contribution in [0.1, 0.15) is 12.0 Å². The third-order valence-electron chi connectivity index (χ3n) is 3.31. The molecule has 0 bridgehead atoms. The summed E-state index contributed by atoms with van der Waals surface area (Å²) in [6, 6.07) is 7.63. The number of rotatable bonds is 5. The van der Waals surface area contributed by atoms with Gasteiger partial charge in [0.1, 0.15) is 12.6 Å². The van der Waals surface area contributed by atoms with Gasteiger partial charge in [0.05, 0.1) is 0 Å². The average Bonchev–Trinajstić information content (AvgIpc) is 2.89. The number of hydrogen-bond acceptors (Lipinski definition) is 4. The molecule has 120 valence electrons. The van der Waals surface area contributed by atoms with Gasteiger partial charge in [0.2, 0.25) is 0 Å². The molecule has 1 aliphatic rings. The molecule has 1 heterocycles. The summed E-state index contributed by atoms with van der Waals surface area (Å²) >= 11 is 0.270. The Labute approximate surface area is 130 Å². The second-order valence-corrected chi connectivity index (χ2v) is 5.97. The Balaban J connectivity index is 1.97. The monoisotopic (exact) mass is 331 g/mol. The fourth-order valence-electron chi connectivity index (χ4n) is 2.34. The Bertz CT molecular complexity index is 529. The zero-order chi connectivity index (χ0) is 16.1. The number of aliphatic carboxylic acids is 1. The minimum absolute atomic E-state index is 0.00910. The van der Waals surface area contributed by atoms with Gasteiger partial charge >= 0.3 is 12.1 Å². The molecule has 2 rings (SSSR count). The topological polar surface area (TPSA) is 66.8 Å². The Kier molecular flexibility index (Phi) is 5.59. The summed E-state index contributed by atoms with van der Waals surface area (Å²) in [5.74, 6) is -3.97. The molecule has 5 nitrogen and oxygen atoms in total. The number of carbonyl (C=O) groups excluding carboxylic acids is 1. The Morgan fingerprint density at radius 1 is 1.36 bits per heavy atom. The van der Waals surface area contributed by atoms with Gasteiger partial charge in [0.25, 0.3) is 5.76 Å². The maximum atomic E-state index is 12.5. The summed E-state index contributed by atoms with van der Waals surface area (Å²) in [6.07, 6.45) is -0.597. The number of amides is 1. The summed E-state index contributed by atoms with van der Waals surface area (Å²) in [4.78, 5) is 24.3. The molecule has 0 spiro atoms. The lowest BCUT2D eigenvalue weighted by Crippen LogP contribution is -2.44. The van der Waals surface area contributed by atoms with E-state index >= 15 is 0 Å². The molecule has 0 radical (unpaired) electrons. The largest absolute Gasteiger partial charge is 0.480 e. The van der Waals surface area contributed by atoms with E-state index in [1.807, 2.05) is 6.07 Å². The summed E-state index contributed by atoms with van der Waals surface area (Å²) in [5, 5.41) is 8.36. The smallest absolute Gasteiger partial charge is 0.410 e. The third kappa shape index (κ3) is 4.09. The molecule has 0 saturated carbocycles. The van der Waals surface area contributed by atoms with Crippen LogP contribution in [0.3, 0.4) is 0 Å². The molecule has 0 unspecified atom stereocenters. The first kappa shape index (κ1) is 16.5. The number of likely N-dealkylation sites (tertiary alicyclic amines) is 1. The highest BCUT2D eigenvalue weighted by Gasteiger charge is 2.44. The van der Waals surface area contributed by atoms with Crippen molar-refractivity contribution >= 4 is 23.8 Å². The van der Waals surface area contributed by atoms with Crippen LogP contribution in [-0.4, -0.2) is 45.7 Å². The summed E-state index contributed by atoms with van der Waals surface area (Å²) in [5.41, 5.74) is 0.764. The Hall–Kier alpha value is -1.83. The van der Waals surface area contributed by atoms with Crippen molar-refractivity contribution in [3.63, 3.8) is 0 Å². The van der Waals surface area contributed by atoms with Gasteiger partial charge in [-0.2, -0.15) is 8.78 Å². The molecular formula is C14H15F2NO4S. The van der Waals surface area contributed by atoms with Gasteiger partial charge in [-0.3, -0.25) is 4.90 Å². The fraction of sp³-hybridized carbons (Fsp3) is 0.429. The third-order valence-corrected chi connectivity index (χ3v) is 4.36. The van der Waals surface area contributed by atoms with Crippen LogP contribution in [-0.2, 0) is 16.1 Å². The van der Waals surface area contributed by atoms with Crippen LogP contribution in [0.4, 0.5) is 13.6 Å². The minimum atomic E-state index is -2.67. The van der Waals surface area contributed by atoms with Crippen molar-refractivity contribution in [1.82, 2.24) is 4.90 Å². The maximum absolute atomic E-state index is 12.5. The maximum Gasteiger partial charge on any atom is 0.410 e. The van der Waals surface area contributed by atoms with E-state index in [4.69, 9.17) is 4.74 Å². The van der Waals surface area contributed by atoms with E-state index in [0.29, 0.717) is 0 Å². The number of carbonyl (C=O) groups is 2. The number of thioether (sulfide) groups is 1. The van der Waals surface area contributed by atoms with Crippen molar-refractivity contribution in [2.45, 2.75) is 30.1 Å². The van der Waals surface area contributed by atoms with Gasteiger partial charge in [-0.15, -0.1) is 0 Å². The highest BCUT2D eigenvalue weighted by Crippen LogP contribution is 2.33. The van der Waals surface area contributed by atoms with E-state index in [1.165, 1.54) is 0 Å². The normalized spacial score (nSPS) is 21.1. The molecule has 8 heteroatoms. The first-order valence-electron chi connectivity index (χ1n) is 6.63. The van der Waals surface area contributed by atoms with Crippen LogP contribution >= 0.6 is 11.8 Å². The van der Waals surface area contributed by atoms with Crippen molar-refractivity contribution in [3.05, 3.63) is 35.9 Å². The highest BCUT2D eigenvalue weighted by atomic mass is 32.2. The van der Waals surface area contributed by atoms with Gasteiger partial charge in [-0.1, -0.05) is 42.1 Å². The molecular weight excluding hydrogens is 316 g/mol. The van der Waals surface area contributed by atoms with Gasteiger partial charge in [0, 0.05) is 11.8 Å². The lowest BCUT2D eigenvalue weighted by atomic mass is 10.2. The van der Waals surface area contributed by atoms with Crippen molar-refractivity contribution in [3.8, 4) is 0 Å². The predicted molar refractivity (Wildman–Crippen MR) is 76.8 cm³/mol. The number of halogens is 2. The number of benzene rings is 1. The summed E-state index contributed by atoms with van der Waals surface area (Å²) in [7, 11) is 0. The van der Waals surface area contributed by atoms with E-state index in [1.54, 1.807) is 24.3 Å². The molecule has 1 aromatic carbocycles. The predicted octanol–water partition coefficient (Wildman–Crippen LogP) is 2.81. The number of hydrogen-bond donors (Lipinski definition) is 1. The molecule has 1 amide bonds. The van der Waals surface area contributed by atoms with Gasteiger partial charge in [-0.05, 0) is 12.0 Å². The van der Waals surface area contributed by atoms with Gasteiger partial charge in [-0.25, -0.2) is 9.59 Å². The van der Waals surface area contributed by atoms with Crippen molar-refractivity contribution in [2.75, 3.05) is 6.54 Å². The molecule has 1 N–H and O–H groups in total. The number of ether oxygens (including phenoxy) is 1. The molecule has 1 saturated heterocycles. The van der Waals surface area contributed by atoms with Gasteiger partial charge in [0.15, 0.2) is 0 Å². The Morgan fingerprint density at radius 2 is 2.05 bits per heavy atom. The second-order valence-electron chi connectivity index (χ2n) is 4.74. The van der Waals surface area contributed by atoms with E-state index in [9.17, 15) is 23.5 Å². The molecule has 2 atom stereocenters. The number of nitrogens with zero attached hydrogens (tertiary/aromatic N) is 1. The van der Waals surface area contributed by atoms with Gasteiger partial charge < -0.3 is 9.84 Å². The Morgan fingerprint density at radius 3 is 2.64 bits per heavy atom. The van der Waals surface area contributed by atoms with E-state index in [0.717, 1.165) is 10.5 Å². The average molecular weight is 331 g/mol. The van der Waals surface area contributed by atoms with Crippen LogP contribution in [0.2, 0.25) is 0 Å². The zero-order valence-corrected chi connectivity index (χ0v) is 12.3. The van der Waals surface area contributed by atoms with E-state index in [-0.39, 0.29) is 31.3 Å². The molecule has 1 fully saturated rings. The molecule has 1 aliphatic heterocycles. The molecule has 22 heavy (non-hydrogen) atoms.